The molecule has 120 valence electrons. The molecule has 24 heavy (non-hydrogen) atoms. The van der Waals surface area contributed by atoms with Crippen LogP contribution in [0.5, 0.6) is 11.5 Å². The van der Waals surface area contributed by atoms with Gasteiger partial charge in [-0.15, -0.1) is 45.3 Å². The molecule has 4 aromatic heterocycles. The highest BCUT2D eigenvalue weighted by Gasteiger charge is 2.27. The van der Waals surface area contributed by atoms with Gasteiger partial charge in [-0.2, -0.15) is 0 Å². The van der Waals surface area contributed by atoms with Crippen LogP contribution < -0.4 is 9.47 Å². The summed E-state index contributed by atoms with van der Waals surface area (Å²) in [6.07, 6.45) is 0. The zero-order valence-corrected chi connectivity index (χ0v) is 15.7. The first kappa shape index (κ1) is 14.7. The lowest BCUT2D eigenvalue weighted by Crippen LogP contribution is -2.14. The largest absolute Gasteiger partial charge is 0.485 e. The monoisotopic (exact) mass is 388 g/mol. The fourth-order valence-corrected chi connectivity index (χ4v) is 6.68. The van der Waals surface area contributed by atoms with Crippen LogP contribution in [-0.2, 0) is 0 Å². The third kappa shape index (κ3) is 2.41. The molecular weight excluding hydrogens is 376 g/mol. The van der Waals surface area contributed by atoms with Crippen molar-refractivity contribution in [2.45, 2.75) is 0 Å². The van der Waals surface area contributed by atoms with Crippen LogP contribution in [0.2, 0.25) is 0 Å². The maximum absolute atomic E-state index is 5.99. The fourth-order valence-electron chi connectivity index (χ4n) is 2.69. The molecule has 0 radical (unpaired) electrons. The highest BCUT2D eigenvalue weighted by molar-refractivity contribution is 7.28. The minimum Gasteiger partial charge on any atom is -0.485 e. The Morgan fingerprint density at radius 1 is 0.625 bits per heavy atom. The molecule has 4 aromatic rings. The second-order valence-corrected chi connectivity index (χ2v) is 9.23. The van der Waals surface area contributed by atoms with Crippen molar-refractivity contribution in [3.05, 3.63) is 47.2 Å². The van der Waals surface area contributed by atoms with Gasteiger partial charge in [-0.25, -0.2) is 0 Å². The predicted octanol–water partition coefficient (Wildman–Crippen LogP) is 6.70. The topological polar surface area (TPSA) is 18.5 Å². The molecule has 0 saturated carbocycles. The molecule has 5 heterocycles. The normalized spacial score (nSPS) is 13.3. The number of thiophene rings is 4. The number of ether oxygens (including phenoxy) is 2. The van der Waals surface area contributed by atoms with Crippen molar-refractivity contribution in [1.82, 2.24) is 0 Å². The highest BCUT2D eigenvalue weighted by Crippen LogP contribution is 2.55. The molecule has 1 aliphatic rings. The first-order chi connectivity index (χ1) is 11.9. The Balaban J connectivity index is 1.64. The average molecular weight is 389 g/mol. The van der Waals surface area contributed by atoms with Crippen LogP contribution in [-0.4, -0.2) is 13.2 Å². The van der Waals surface area contributed by atoms with Gasteiger partial charge in [0, 0.05) is 19.5 Å². The zero-order valence-electron chi connectivity index (χ0n) is 12.5. The lowest BCUT2D eigenvalue weighted by Gasteiger charge is -2.16. The first-order valence-electron chi connectivity index (χ1n) is 7.50. The van der Waals surface area contributed by atoms with Crippen molar-refractivity contribution in [2.24, 2.45) is 0 Å². The van der Waals surface area contributed by atoms with Crippen LogP contribution in [0.3, 0.4) is 0 Å². The van der Waals surface area contributed by atoms with E-state index in [9.17, 15) is 0 Å². The number of hydrogen-bond acceptors (Lipinski definition) is 6. The molecular formula is C18H12O2S4. The molecule has 1 aliphatic heterocycles. The van der Waals surface area contributed by atoms with Crippen molar-refractivity contribution < 1.29 is 9.47 Å². The summed E-state index contributed by atoms with van der Waals surface area (Å²) >= 11 is 7.10. The summed E-state index contributed by atoms with van der Waals surface area (Å²) in [6.45, 7) is 1.23. The predicted molar refractivity (Wildman–Crippen MR) is 105 cm³/mol. The summed E-state index contributed by atoms with van der Waals surface area (Å²) in [7, 11) is 0. The molecule has 5 rings (SSSR count). The Morgan fingerprint density at radius 3 is 1.92 bits per heavy atom. The van der Waals surface area contributed by atoms with Crippen LogP contribution in [0.4, 0.5) is 0 Å². The van der Waals surface area contributed by atoms with Crippen LogP contribution in [0.1, 0.15) is 0 Å². The van der Waals surface area contributed by atoms with Gasteiger partial charge < -0.3 is 9.47 Å². The molecule has 0 spiro atoms. The molecule has 0 atom stereocenters. The smallest absolute Gasteiger partial charge is 0.181 e. The number of hydrogen-bond donors (Lipinski definition) is 0. The quantitative estimate of drug-likeness (QED) is 0.388. The summed E-state index contributed by atoms with van der Waals surface area (Å²) in [4.78, 5) is 7.46. The molecule has 0 saturated heterocycles. The van der Waals surface area contributed by atoms with E-state index in [-0.39, 0.29) is 0 Å². The summed E-state index contributed by atoms with van der Waals surface area (Å²) in [5.74, 6) is 1.82. The van der Waals surface area contributed by atoms with E-state index >= 15 is 0 Å². The van der Waals surface area contributed by atoms with Crippen LogP contribution in [0, 0.1) is 0 Å². The summed E-state index contributed by atoms with van der Waals surface area (Å²) < 4.78 is 11.9. The minimum atomic E-state index is 0.615. The van der Waals surface area contributed by atoms with Gasteiger partial charge in [0.15, 0.2) is 11.5 Å². The zero-order chi connectivity index (χ0) is 15.9. The first-order valence-corrected chi connectivity index (χ1v) is 10.9. The Kier molecular flexibility index (Phi) is 3.70. The molecule has 0 N–H and O–H groups in total. The van der Waals surface area contributed by atoms with E-state index in [1.54, 1.807) is 34.0 Å². The minimum absolute atomic E-state index is 0.615. The van der Waals surface area contributed by atoms with Gasteiger partial charge >= 0.3 is 0 Å². The summed E-state index contributed by atoms with van der Waals surface area (Å²) in [5.41, 5.74) is 0. The number of fused-ring (bicyclic) bond motifs is 1. The van der Waals surface area contributed by atoms with E-state index in [1.807, 2.05) is 11.3 Å². The van der Waals surface area contributed by atoms with Gasteiger partial charge in [-0.1, -0.05) is 12.1 Å². The van der Waals surface area contributed by atoms with Crippen LogP contribution >= 0.6 is 45.3 Å². The third-order valence-electron chi connectivity index (χ3n) is 3.74. The van der Waals surface area contributed by atoms with Gasteiger partial charge in [0.2, 0.25) is 0 Å². The lowest BCUT2D eigenvalue weighted by atomic mass is 10.2. The van der Waals surface area contributed by atoms with E-state index in [4.69, 9.17) is 9.47 Å². The van der Waals surface area contributed by atoms with Crippen molar-refractivity contribution in [3.63, 3.8) is 0 Å². The van der Waals surface area contributed by atoms with E-state index in [0.29, 0.717) is 13.2 Å². The Hall–Kier alpha value is -1.60. The summed E-state index contributed by atoms with van der Waals surface area (Å²) in [6, 6.07) is 12.9. The molecule has 0 amide bonds. The Morgan fingerprint density at radius 2 is 1.25 bits per heavy atom. The van der Waals surface area contributed by atoms with Gasteiger partial charge in [0.05, 0.1) is 9.75 Å². The SMILES string of the molecule is c1csc(-c2ccc(-c3sc(-c4cccs4)c4c3OCCO4)s2)c1. The molecule has 0 bridgehead atoms. The lowest BCUT2D eigenvalue weighted by molar-refractivity contribution is 0.175. The van der Waals surface area contributed by atoms with Crippen molar-refractivity contribution in [3.8, 4) is 40.8 Å². The summed E-state index contributed by atoms with van der Waals surface area (Å²) in [5, 5.41) is 4.22. The van der Waals surface area contributed by atoms with Crippen molar-refractivity contribution in [1.29, 1.82) is 0 Å². The molecule has 6 heteroatoms. The van der Waals surface area contributed by atoms with Gasteiger partial charge in [0.1, 0.15) is 13.2 Å². The standard InChI is InChI=1S/C18H12O2S4/c1-3-11(21-9-1)12-5-6-14(23-12)18-16-15(19-7-8-20-16)17(24-18)13-4-2-10-22-13/h1-6,9-10H,7-8H2. The van der Waals surface area contributed by atoms with Crippen molar-refractivity contribution >= 4 is 45.3 Å². The van der Waals surface area contributed by atoms with Crippen LogP contribution in [0.25, 0.3) is 29.3 Å². The van der Waals surface area contributed by atoms with Gasteiger partial charge in [-0.3, -0.25) is 0 Å². The van der Waals surface area contributed by atoms with E-state index in [0.717, 1.165) is 11.5 Å². The molecule has 0 fully saturated rings. The maximum Gasteiger partial charge on any atom is 0.181 e. The molecule has 0 unspecified atom stereocenters. The molecule has 0 aromatic carbocycles. The van der Waals surface area contributed by atoms with E-state index in [2.05, 4.69) is 47.2 Å². The van der Waals surface area contributed by atoms with Gasteiger partial charge in [0.25, 0.3) is 0 Å². The Labute approximate surface area is 155 Å². The fraction of sp³-hybridized carbons (Fsp3) is 0.111. The number of rotatable bonds is 3. The van der Waals surface area contributed by atoms with E-state index < -0.39 is 0 Å². The highest BCUT2D eigenvalue weighted by atomic mass is 32.1. The maximum atomic E-state index is 5.99. The third-order valence-corrected chi connectivity index (χ3v) is 8.27. The van der Waals surface area contributed by atoms with E-state index in [1.165, 1.54) is 29.3 Å². The van der Waals surface area contributed by atoms with Crippen LogP contribution in [0.15, 0.2) is 47.2 Å². The second-order valence-electron chi connectivity index (χ2n) is 5.23. The molecule has 2 nitrogen and oxygen atoms in total. The van der Waals surface area contributed by atoms with Crippen molar-refractivity contribution in [2.75, 3.05) is 13.2 Å². The second kappa shape index (κ2) is 6.04. The molecule has 0 aliphatic carbocycles. The Bertz CT molecular complexity index is 961. The average Bonchev–Trinajstić information content (AvgIpc) is 3.40. The van der Waals surface area contributed by atoms with Gasteiger partial charge in [-0.05, 0) is 35.0 Å².